The van der Waals surface area contributed by atoms with Crippen molar-refractivity contribution in [3.05, 3.63) is 83.2 Å². The molecule has 0 spiro atoms. The fourth-order valence-corrected chi connectivity index (χ4v) is 2.71. The molecular formula is C19H21N5O. The van der Waals surface area contributed by atoms with Gasteiger partial charge in [-0.25, -0.2) is 4.98 Å². The van der Waals surface area contributed by atoms with Gasteiger partial charge in [-0.15, -0.1) is 0 Å². The number of benzene rings is 1. The van der Waals surface area contributed by atoms with Crippen LogP contribution in [0.5, 0.6) is 0 Å². The normalized spacial score (nSPS) is 11.0. The number of nitrogens with zero attached hydrogens (tertiary/aromatic N) is 3. The van der Waals surface area contributed by atoms with Crippen molar-refractivity contribution < 1.29 is 4.79 Å². The van der Waals surface area contributed by atoms with Crippen molar-refractivity contribution >= 4 is 5.91 Å². The second kappa shape index (κ2) is 7.72. The number of nitrogens with two attached hydrogens (primary N) is 1. The van der Waals surface area contributed by atoms with Gasteiger partial charge in [-0.05, 0) is 36.8 Å². The van der Waals surface area contributed by atoms with Crippen molar-refractivity contribution in [1.82, 2.24) is 19.9 Å². The summed E-state index contributed by atoms with van der Waals surface area (Å²) in [6.45, 7) is 4.10. The number of carbonyl (C=O) groups is 1. The smallest absolute Gasteiger partial charge is 0.248 e. The molecule has 0 aliphatic heterocycles. The van der Waals surface area contributed by atoms with Crippen molar-refractivity contribution in [2.24, 2.45) is 5.73 Å². The molecule has 6 heteroatoms. The first-order valence-corrected chi connectivity index (χ1v) is 8.12. The molecule has 2 aromatic heterocycles. The number of aromatic amines is 1. The minimum Gasteiger partial charge on any atom is -0.366 e. The Balaban J connectivity index is 1.76. The van der Waals surface area contributed by atoms with E-state index < -0.39 is 5.91 Å². The van der Waals surface area contributed by atoms with Gasteiger partial charge in [0, 0.05) is 36.7 Å². The highest BCUT2D eigenvalue weighted by atomic mass is 16.1. The van der Waals surface area contributed by atoms with Crippen molar-refractivity contribution in [2.45, 2.75) is 26.6 Å². The van der Waals surface area contributed by atoms with Gasteiger partial charge < -0.3 is 10.7 Å². The molecule has 0 atom stereocenters. The molecule has 0 unspecified atom stereocenters. The van der Waals surface area contributed by atoms with Crippen LogP contribution >= 0.6 is 0 Å². The SMILES string of the molecule is Cc1cccc(CN(Cc2ccc(C(N)=O)cc2)Cc2ncc[nH]2)n1. The third-order valence-corrected chi connectivity index (χ3v) is 3.90. The van der Waals surface area contributed by atoms with Crippen LogP contribution in [0.3, 0.4) is 0 Å². The van der Waals surface area contributed by atoms with E-state index in [-0.39, 0.29) is 0 Å². The van der Waals surface area contributed by atoms with E-state index >= 15 is 0 Å². The average Bonchev–Trinajstić information content (AvgIpc) is 3.08. The quantitative estimate of drug-likeness (QED) is 0.694. The summed E-state index contributed by atoms with van der Waals surface area (Å²) >= 11 is 0. The number of hydrogen-bond donors (Lipinski definition) is 2. The van der Waals surface area contributed by atoms with Crippen LogP contribution in [0.25, 0.3) is 0 Å². The minimum absolute atomic E-state index is 0.414. The highest BCUT2D eigenvalue weighted by Crippen LogP contribution is 2.13. The summed E-state index contributed by atoms with van der Waals surface area (Å²) < 4.78 is 0. The summed E-state index contributed by atoms with van der Waals surface area (Å²) in [7, 11) is 0. The number of rotatable bonds is 7. The lowest BCUT2D eigenvalue weighted by molar-refractivity contribution is 0.100. The van der Waals surface area contributed by atoms with Crippen LogP contribution in [-0.2, 0) is 19.6 Å². The molecule has 3 rings (SSSR count). The molecule has 1 aromatic carbocycles. The number of H-pyrrole nitrogens is 1. The second-order valence-electron chi connectivity index (χ2n) is 6.01. The Labute approximate surface area is 146 Å². The maximum absolute atomic E-state index is 11.2. The summed E-state index contributed by atoms with van der Waals surface area (Å²) in [5.41, 5.74) is 8.93. The molecule has 0 saturated carbocycles. The van der Waals surface area contributed by atoms with E-state index in [0.717, 1.165) is 29.3 Å². The standard InChI is InChI=1S/C19H21N5O/c1-14-3-2-4-17(23-14)12-24(13-18-21-9-10-22-18)11-15-5-7-16(8-6-15)19(20)25/h2-10H,11-13H2,1H3,(H2,20,25)(H,21,22). The highest BCUT2D eigenvalue weighted by Gasteiger charge is 2.11. The van der Waals surface area contributed by atoms with E-state index in [1.54, 1.807) is 18.3 Å². The van der Waals surface area contributed by atoms with Gasteiger partial charge in [0.25, 0.3) is 0 Å². The molecule has 0 aliphatic carbocycles. The average molecular weight is 335 g/mol. The number of imidazole rings is 1. The fourth-order valence-electron chi connectivity index (χ4n) is 2.71. The number of pyridine rings is 1. The van der Waals surface area contributed by atoms with Gasteiger partial charge in [0.05, 0.1) is 12.2 Å². The van der Waals surface area contributed by atoms with Crippen molar-refractivity contribution in [3.63, 3.8) is 0 Å². The molecule has 0 aliphatic rings. The van der Waals surface area contributed by atoms with Crippen LogP contribution in [0.1, 0.15) is 33.1 Å². The first-order chi connectivity index (χ1) is 12.1. The maximum Gasteiger partial charge on any atom is 0.248 e. The molecule has 0 saturated heterocycles. The first-order valence-electron chi connectivity index (χ1n) is 8.12. The van der Waals surface area contributed by atoms with Gasteiger partial charge in [0.1, 0.15) is 5.82 Å². The lowest BCUT2D eigenvalue weighted by atomic mass is 10.1. The number of primary amides is 1. The Morgan fingerprint density at radius 3 is 2.56 bits per heavy atom. The molecule has 0 fully saturated rings. The minimum atomic E-state index is -0.414. The lowest BCUT2D eigenvalue weighted by Crippen LogP contribution is -2.23. The van der Waals surface area contributed by atoms with Gasteiger partial charge in [0.2, 0.25) is 5.91 Å². The van der Waals surface area contributed by atoms with Crippen LogP contribution in [0.2, 0.25) is 0 Å². The lowest BCUT2D eigenvalue weighted by Gasteiger charge is -2.21. The summed E-state index contributed by atoms with van der Waals surface area (Å²) in [5.74, 6) is 0.490. The third-order valence-electron chi connectivity index (χ3n) is 3.90. The number of nitrogens with one attached hydrogen (secondary N) is 1. The van der Waals surface area contributed by atoms with Crippen LogP contribution in [0.4, 0.5) is 0 Å². The summed E-state index contributed by atoms with van der Waals surface area (Å²) in [4.78, 5) is 25.5. The summed E-state index contributed by atoms with van der Waals surface area (Å²) in [6.07, 6.45) is 3.57. The predicted octanol–water partition coefficient (Wildman–Crippen LogP) is 2.41. The van der Waals surface area contributed by atoms with Gasteiger partial charge in [-0.3, -0.25) is 14.7 Å². The van der Waals surface area contributed by atoms with Crippen LogP contribution in [0, 0.1) is 6.92 Å². The molecule has 0 radical (unpaired) electrons. The second-order valence-corrected chi connectivity index (χ2v) is 6.01. The Morgan fingerprint density at radius 2 is 1.92 bits per heavy atom. The Hall–Kier alpha value is -2.99. The monoisotopic (exact) mass is 335 g/mol. The van der Waals surface area contributed by atoms with Crippen molar-refractivity contribution in [3.8, 4) is 0 Å². The van der Waals surface area contributed by atoms with Crippen LogP contribution < -0.4 is 5.73 Å². The zero-order chi connectivity index (χ0) is 17.6. The van der Waals surface area contributed by atoms with Gasteiger partial charge in [-0.2, -0.15) is 0 Å². The zero-order valence-corrected chi connectivity index (χ0v) is 14.1. The molecule has 128 valence electrons. The van der Waals surface area contributed by atoms with E-state index in [4.69, 9.17) is 5.73 Å². The topological polar surface area (TPSA) is 87.9 Å². The van der Waals surface area contributed by atoms with Gasteiger partial charge in [-0.1, -0.05) is 18.2 Å². The van der Waals surface area contributed by atoms with E-state index in [1.165, 1.54) is 0 Å². The number of carbonyl (C=O) groups excluding carboxylic acids is 1. The van der Waals surface area contributed by atoms with Crippen molar-refractivity contribution in [1.29, 1.82) is 0 Å². The number of hydrogen-bond acceptors (Lipinski definition) is 4. The van der Waals surface area contributed by atoms with Crippen molar-refractivity contribution in [2.75, 3.05) is 0 Å². The number of amides is 1. The maximum atomic E-state index is 11.2. The largest absolute Gasteiger partial charge is 0.366 e. The molecular weight excluding hydrogens is 314 g/mol. The van der Waals surface area contributed by atoms with Gasteiger partial charge in [0.15, 0.2) is 0 Å². The Morgan fingerprint density at radius 1 is 1.12 bits per heavy atom. The molecule has 1 amide bonds. The van der Waals surface area contributed by atoms with E-state index in [0.29, 0.717) is 18.7 Å². The molecule has 6 nitrogen and oxygen atoms in total. The fraction of sp³-hybridized carbons (Fsp3) is 0.211. The molecule has 25 heavy (non-hydrogen) atoms. The highest BCUT2D eigenvalue weighted by molar-refractivity contribution is 5.92. The van der Waals surface area contributed by atoms with Crippen LogP contribution in [-0.4, -0.2) is 25.8 Å². The van der Waals surface area contributed by atoms with E-state index in [1.807, 2.05) is 43.5 Å². The Kier molecular flexibility index (Phi) is 5.20. The summed E-state index contributed by atoms with van der Waals surface area (Å²) in [6, 6.07) is 13.4. The number of aromatic nitrogens is 3. The van der Waals surface area contributed by atoms with Gasteiger partial charge >= 0.3 is 0 Å². The Bertz CT molecular complexity index is 827. The molecule has 3 N–H and O–H groups in total. The predicted molar refractivity (Wildman–Crippen MR) is 95.5 cm³/mol. The first kappa shape index (κ1) is 16.9. The number of aryl methyl sites for hydroxylation is 1. The van der Waals surface area contributed by atoms with E-state index in [2.05, 4.69) is 19.9 Å². The summed E-state index contributed by atoms with van der Waals surface area (Å²) in [5, 5.41) is 0. The van der Waals surface area contributed by atoms with Crippen LogP contribution in [0.15, 0.2) is 54.9 Å². The molecule has 0 bridgehead atoms. The van der Waals surface area contributed by atoms with E-state index in [9.17, 15) is 4.79 Å². The third kappa shape index (κ3) is 4.74. The molecule has 3 aromatic rings. The molecule has 2 heterocycles. The zero-order valence-electron chi connectivity index (χ0n) is 14.1.